The third kappa shape index (κ3) is 5.06. The van der Waals surface area contributed by atoms with E-state index in [0.29, 0.717) is 24.8 Å². The van der Waals surface area contributed by atoms with Crippen molar-refractivity contribution < 1.29 is 14.6 Å². The van der Waals surface area contributed by atoms with Crippen LogP contribution in [0.25, 0.3) is 0 Å². The third-order valence-corrected chi connectivity index (χ3v) is 8.00. The maximum absolute atomic E-state index is 12.2. The zero-order valence-electron chi connectivity index (χ0n) is 21.3. The largest absolute Gasteiger partial charge is 0.465 e. The second-order valence-corrected chi connectivity index (χ2v) is 11.5. The highest BCUT2D eigenvalue weighted by atomic mass is 32.2. The lowest BCUT2D eigenvalue weighted by atomic mass is 9.82. The molecule has 7 heteroatoms. The van der Waals surface area contributed by atoms with Crippen molar-refractivity contribution in [2.24, 2.45) is 9.98 Å². The van der Waals surface area contributed by atoms with E-state index in [1.54, 1.807) is 0 Å². The number of thioether (sulfide) groups is 1. The first-order valence-corrected chi connectivity index (χ1v) is 13.3. The van der Waals surface area contributed by atoms with Crippen LogP contribution >= 0.6 is 11.8 Å². The normalized spacial score (nSPS) is 21.1. The van der Waals surface area contributed by atoms with Gasteiger partial charge < -0.3 is 9.84 Å². The maximum atomic E-state index is 12.2. The molecule has 0 aromatic heterocycles. The van der Waals surface area contributed by atoms with E-state index in [4.69, 9.17) is 14.7 Å². The SMILES string of the molecule is CC(C)(C)N(C(=O)O)C1=N[C@]2(c3cccc(N=C(c4ccccc4)c4ccccc4)c3)CCOC[C@H]2S1. The highest BCUT2D eigenvalue weighted by molar-refractivity contribution is 8.14. The molecule has 0 bridgehead atoms. The lowest BCUT2D eigenvalue weighted by Crippen LogP contribution is -2.47. The van der Waals surface area contributed by atoms with Crippen LogP contribution in [-0.4, -0.2) is 51.0 Å². The Labute approximate surface area is 222 Å². The van der Waals surface area contributed by atoms with E-state index in [1.807, 2.05) is 69.3 Å². The van der Waals surface area contributed by atoms with Gasteiger partial charge in [0.1, 0.15) is 5.54 Å². The minimum absolute atomic E-state index is 0.0117. The molecule has 2 aliphatic heterocycles. The Morgan fingerprint density at radius 1 is 1.03 bits per heavy atom. The van der Waals surface area contributed by atoms with E-state index in [-0.39, 0.29) is 5.25 Å². The summed E-state index contributed by atoms with van der Waals surface area (Å²) in [6.45, 7) is 6.75. The maximum Gasteiger partial charge on any atom is 0.413 e. The van der Waals surface area contributed by atoms with Crippen molar-refractivity contribution in [3.05, 3.63) is 102 Å². The van der Waals surface area contributed by atoms with Crippen LogP contribution < -0.4 is 0 Å². The van der Waals surface area contributed by atoms with Crippen molar-refractivity contribution in [2.75, 3.05) is 13.2 Å². The number of rotatable bonds is 4. The molecule has 190 valence electrons. The van der Waals surface area contributed by atoms with Gasteiger partial charge in [0.2, 0.25) is 0 Å². The summed E-state index contributed by atoms with van der Waals surface area (Å²) < 4.78 is 5.83. The molecular formula is C30H31N3O3S. The van der Waals surface area contributed by atoms with Gasteiger partial charge in [-0.05, 0) is 38.5 Å². The molecule has 0 aliphatic carbocycles. The van der Waals surface area contributed by atoms with Crippen molar-refractivity contribution in [2.45, 2.75) is 43.5 Å². The van der Waals surface area contributed by atoms with Crippen molar-refractivity contribution in [3.8, 4) is 0 Å². The van der Waals surface area contributed by atoms with E-state index >= 15 is 0 Å². The molecule has 0 spiro atoms. The summed E-state index contributed by atoms with van der Waals surface area (Å²) in [6.07, 6.45) is -0.314. The van der Waals surface area contributed by atoms with Crippen molar-refractivity contribution in [3.63, 3.8) is 0 Å². The molecule has 37 heavy (non-hydrogen) atoms. The fourth-order valence-corrected chi connectivity index (χ4v) is 6.51. The number of amidine groups is 1. The van der Waals surface area contributed by atoms with Gasteiger partial charge in [-0.2, -0.15) is 0 Å². The van der Waals surface area contributed by atoms with Gasteiger partial charge in [0.15, 0.2) is 5.17 Å². The summed E-state index contributed by atoms with van der Waals surface area (Å²) in [5.41, 5.74) is 3.67. The summed E-state index contributed by atoms with van der Waals surface area (Å²) in [5.74, 6) is 0. The zero-order chi connectivity index (χ0) is 26.0. The average molecular weight is 514 g/mol. The monoisotopic (exact) mass is 513 g/mol. The number of fused-ring (bicyclic) bond motifs is 1. The number of hydrogen-bond donors (Lipinski definition) is 1. The molecule has 3 aromatic rings. The molecule has 0 radical (unpaired) electrons. The number of hydrogen-bond acceptors (Lipinski definition) is 5. The van der Waals surface area contributed by atoms with Gasteiger partial charge in [0.05, 0.1) is 23.3 Å². The Morgan fingerprint density at radius 3 is 2.27 bits per heavy atom. The summed E-state index contributed by atoms with van der Waals surface area (Å²) in [4.78, 5) is 23.8. The molecule has 6 nitrogen and oxygen atoms in total. The quantitative estimate of drug-likeness (QED) is 0.393. The van der Waals surface area contributed by atoms with Gasteiger partial charge in [0, 0.05) is 29.7 Å². The van der Waals surface area contributed by atoms with Crippen molar-refractivity contribution in [1.29, 1.82) is 0 Å². The van der Waals surface area contributed by atoms with E-state index in [9.17, 15) is 9.90 Å². The predicted molar refractivity (Wildman–Crippen MR) is 150 cm³/mol. The second-order valence-electron chi connectivity index (χ2n) is 10.3. The van der Waals surface area contributed by atoms with Crippen LogP contribution in [0, 0.1) is 0 Å². The first-order chi connectivity index (χ1) is 17.8. The number of ether oxygens (including phenoxy) is 1. The average Bonchev–Trinajstić information content (AvgIpc) is 3.27. The van der Waals surface area contributed by atoms with Crippen LogP contribution in [0.5, 0.6) is 0 Å². The topological polar surface area (TPSA) is 74.5 Å². The van der Waals surface area contributed by atoms with Crippen LogP contribution in [-0.2, 0) is 10.3 Å². The molecule has 2 atom stereocenters. The van der Waals surface area contributed by atoms with Crippen LogP contribution in [0.2, 0.25) is 0 Å². The lowest BCUT2D eigenvalue weighted by molar-refractivity contribution is 0.0609. The molecule has 1 N–H and O–H groups in total. The van der Waals surface area contributed by atoms with Gasteiger partial charge >= 0.3 is 6.09 Å². The van der Waals surface area contributed by atoms with Crippen LogP contribution in [0.4, 0.5) is 10.5 Å². The highest BCUT2D eigenvalue weighted by Gasteiger charge is 2.51. The number of carbonyl (C=O) groups is 1. The lowest BCUT2D eigenvalue weighted by Gasteiger charge is -2.36. The van der Waals surface area contributed by atoms with Crippen LogP contribution in [0.1, 0.15) is 43.9 Å². The first kappa shape index (κ1) is 25.2. The molecule has 1 saturated heterocycles. The smallest absolute Gasteiger partial charge is 0.413 e. The van der Waals surface area contributed by atoms with Gasteiger partial charge in [-0.3, -0.25) is 4.90 Å². The molecule has 0 saturated carbocycles. The van der Waals surface area contributed by atoms with Crippen molar-refractivity contribution in [1.82, 2.24) is 4.90 Å². The van der Waals surface area contributed by atoms with Gasteiger partial charge in [-0.1, -0.05) is 84.6 Å². The van der Waals surface area contributed by atoms with E-state index < -0.39 is 17.2 Å². The number of benzene rings is 3. The van der Waals surface area contributed by atoms with Crippen LogP contribution in [0.3, 0.4) is 0 Å². The van der Waals surface area contributed by atoms with Crippen LogP contribution in [0.15, 0.2) is 94.9 Å². The zero-order valence-corrected chi connectivity index (χ0v) is 22.1. The fourth-order valence-electron chi connectivity index (χ4n) is 4.92. The number of carboxylic acid groups (broad SMARTS) is 1. The fraction of sp³-hybridized carbons (Fsp3) is 0.300. The molecule has 2 aliphatic rings. The Morgan fingerprint density at radius 2 is 1.68 bits per heavy atom. The molecular weight excluding hydrogens is 482 g/mol. The first-order valence-electron chi connectivity index (χ1n) is 12.5. The number of aliphatic imine (C=N–C) groups is 2. The Bertz CT molecular complexity index is 1290. The molecule has 1 fully saturated rings. The summed E-state index contributed by atoms with van der Waals surface area (Å²) in [6, 6.07) is 28.6. The molecule has 2 heterocycles. The third-order valence-electron chi connectivity index (χ3n) is 6.71. The Balaban J connectivity index is 1.60. The van der Waals surface area contributed by atoms with E-state index in [0.717, 1.165) is 28.1 Å². The summed E-state index contributed by atoms with van der Waals surface area (Å²) in [7, 11) is 0. The van der Waals surface area contributed by atoms with Gasteiger partial charge in [0.25, 0.3) is 0 Å². The predicted octanol–water partition coefficient (Wildman–Crippen LogP) is 6.72. The Kier molecular flexibility index (Phi) is 6.92. The molecule has 0 unspecified atom stereocenters. The minimum atomic E-state index is -0.998. The standard InChI is InChI=1S/C30H31N3O3S/c1-29(2,3)33(28(34)35)27-32-30(17-18-36-20-25(30)37-27)23-15-10-16-24(19-23)31-26(21-11-6-4-7-12-21)22-13-8-5-9-14-22/h4-16,19,25H,17-18,20H2,1-3H3,(H,34,35)/t25-,30+/m1/s1. The van der Waals surface area contributed by atoms with Crippen molar-refractivity contribution >= 4 is 34.4 Å². The molecule has 5 rings (SSSR count). The number of amides is 1. The van der Waals surface area contributed by atoms with E-state index in [2.05, 4.69) is 36.4 Å². The minimum Gasteiger partial charge on any atom is -0.465 e. The number of nitrogens with zero attached hydrogens (tertiary/aromatic N) is 3. The summed E-state index contributed by atoms with van der Waals surface area (Å²) >= 11 is 1.50. The molecule has 3 aromatic carbocycles. The van der Waals surface area contributed by atoms with Gasteiger partial charge in [-0.15, -0.1) is 0 Å². The Hall–Kier alpha value is -3.42. The molecule has 1 amide bonds. The summed E-state index contributed by atoms with van der Waals surface area (Å²) in [5, 5.41) is 10.5. The second kappa shape index (κ2) is 10.1. The van der Waals surface area contributed by atoms with E-state index in [1.165, 1.54) is 16.7 Å². The van der Waals surface area contributed by atoms with Gasteiger partial charge in [-0.25, -0.2) is 14.8 Å². The highest BCUT2D eigenvalue weighted by Crippen LogP contribution is 2.49.